The van der Waals surface area contributed by atoms with Gasteiger partial charge in [-0.15, -0.1) is 0 Å². The second kappa shape index (κ2) is 4.00. The molecule has 0 fully saturated rings. The minimum absolute atomic E-state index is 0.0723. The van der Waals surface area contributed by atoms with Crippen LogP contribution in [0.25, 0.3) is 0 Å². The number of carbonyl (C=O) groups excluding carboxylic acids is 1. The molecule has 1 aliphatic carbocycles. The molecule has 86 valence electrons. The Kier molecular flexibility index (Phi) is 2.83. The lowest BCUT2D eigenvalue weighted by molar-refractivity contribution is 0.112. The first-order valence-corrected chi connectivity index (χ1v) is 6.00. The zero-order valence-electron chi connectivity index (χ0n) is 10.3. The first-order valence-electron chi connectivity index (χ1n) is 6.00. The largest absolute Gasteiger partial charge is 0.298 e. The summed E-state index contributed by atoms with van der Waals surface area (Å²) in [4.78, 5) is 15.5. The maximum absolute atomic E-state index is 11.0. The fraction of sp³-hybridized carbons (Fsp3) is 0.571. The Morgan fingerprint density at radius 3 is 2.38 bits per heavy atom. The van der Waals surface area contributed by atoms with Crippen LogP contribution in [-0.2, 0) is 18.3 Å². The molecule has 2 nitrogen and oxygen atoms in total. The van der Waals surface area contributed by atoms with Crippen LogP contribution < -0.4 is 0 Å². The Morgan fingerprint density at radius 2 is 1.81 bits per heavy atom. The van der Waals surface area contributed by atoms with E-state index >= 15 is 0 Å². The third-order valence-electron chi connectivity index (χ3n) is 3.27. The molecule has 0 radical (unpaired) electrons. The molecule has 1 aliphatic rings. The van der Waals surface area contributed by atoms with E-state index in [0.717, 1.165) is 24.7 Å². The van der Waals surface area contributed by atoms with E-state index in [9.17, 15) is 4.79 Å². The summed E-state index contributed by atoms with van der Waals surface area (Å²) in [5, 5.41) is 0. The highest BCUT2D eigenvalue weighted by molar-refractivity contribution is 5.77. The molecule has 0 atom stereocenters. The average Bonchev–Trinajstić information content (AvgIpc) is 2.26. The third-order valence-corrected chi connectivity index (χ3v) is 3.27. The van der Waals surface area contributed by atoms with Crippen LogP contribution in [-0.4, -0.2) is 11.3 Å². The van der Waals surface area contributed by atoms with Crippen LogP contribution in [0.3, 0.4) is 0 Å². The molecule has 0 N–H and O–H groups in total. The van der Waals surface area contributed by atoms with Crippen LogP contribution >= 0.6 is 0 Å². The van der Waals surface area contributed by atoms with Crippen molar-refractivity contribution in [3.05, 3.63) is 28.6 Å². The molecule has 0 aromatic carbocycles. The molecule has 0 saturated carbocycles. The molecule has 1 heterocycles. The maximum atomic E-state index is 11.0. The maximum Gasteiger partial charge on any atom is 0.151 e. The van der Waals surface area contributed by atoms with Crippen molar-refractivity contribution in [3.8, 4) is 0 Å². The van der Waals surface area contributed by atoms with E-state index in [1.165, 1.54) is 29.7 Å². The van der Waals surface area contributed by atoms with Gasteiger partial charge in [0, 0.05) is 22.9 Å². The summed E-state index contributed by atoms with van der Waals surface area (Å²) in [6, 6.07) is 0. The van der Waals surface area contributed by atoms with Gasteiger partial charge in [-0.1, -0.05) is 20.8 Å². The first kappa shape index (κ1) is 11.3. The van der Waals surface area contributed by atoms with Gasteiger partial charge < -0.3 is 0 Å². The van der Waals surface area contributed by atoms with Gasteiger partial charge in [0.05, 0.1) is 0 Å². The molecule has 0 bridgehead atoms. The minimum atomic E-state index is 0.0723. The Morgan fingerprint density at radius 1 is 1.19 bits per heavy atom. The molecule has 0 spiro atoms. The van der Waals surface area contributed by atoms with Crippen molar-refractivity contribution in [2.45, 2.75) is 51.9 Å². The number of carbonyl (C=O) groups is 1. The first-order chi connectivity index (χ1) is 7.54. The molecule has 0 saturated heterocycles. The van der Waals surface area contributed by atoms with E-state index in [4.69, 9.17) is 0 Å². The quantitative estimate of drug-likeness (QED) is 0.677. The van der Waals surface area contributed by atoms with Crippen LogP contribution in [0.4, 0.5) is 0 Å². The molecule has 0 aliphatic heterocycles. The van der Waals surface area contributed by atoms with Gasteiger partial charge in [0.25, 0.3) is 0 Å². The Labute approximate surface area is 97.1 Å². The molecule has 1 aromatic heterocycles. The molecule has 0 unspecified atom stereocenters. The average molecular weight is 217 g/mol. The smallest absolute Gasteiger partial charge is 0.151 e. The minimum Gasteiger partial charge on any atom is -0.298 e. The van der Waals surface area contributed by atoms with Crippen LogP contribution in [0.2, 0.25) is 0 Å². The molecular weight excluding hydrogens is 198 g/mol. The monoisotopic (exact) mass is 217 g/mol. The van der Waals surface area contributed by atoms with Crippen LogP contribution in [0.1, 0.15) is 60.8 Å². The van der Waals surface area contributed by atoms with E-state index in [2.05, 4.69) is 25.8 Å². The van der Waals surface area contributed by atoms with Crippen molar-refractivity contribution < 1.29 is 4.79 Å². The van der Waals surface area contributed by atoms with Gasteiger partial charge >= 0.3 is 0 Å². The van der Waals surface area contributed by atoms with Gasteiger partial charge in [-0.2, -0.15) is 0 Å². The van der Waals surface area contributed by atoms with Gasteiger partial charge in [-0.25, -0.2) is 0 Å². The second-order valence-electron chi connectivity index (χ2n) is 5.59. The summed E-state index contributed by atoms with van der Waals surface area (Å²) in [6.45, 7) is 6.56. The Hall–Kier alpha value is -1.18. The summed E-state index contributed by atoms with van der Waals surface area (Å²) in [7, 11) is 0. The van der Waals surface area contributed by atoms with Crippen LogP contribution in [0, 0.1) is 0 Å². The Bertz CT molecular complexity index is 415. The van der Waals surface area contributed by atoms with E-state index in [-0.39, 0.29) is 5.41 Å². The summed E-state index contributed by atoms with van der Waals surface area (Å²) < 4.78 is 0. The lowest BCUT2D eigenvalue weighted by Crippen LogP contribution is -2.21. The fourth-order valence-electron chi connectivity index (χ4n) is 2.52. The Balaban J connectivity index is 2.61. The third kappa shape index (κ3) is 1.89. The fourth-order valence-corrected chi connectivity index (χ4v) is 2.52. The summed E-state index contributed by atoms with van der Waals surface area (Å²) in [5.74, 6) is 0. The summed E-state index contributed by atoms with van der Waals surface area (Å²) in [5.41, 5.74) is 4.63. The van der Waals surface area contributed by atoms with Gasteiger partial charge in [-0.3, -0.25) is 9.78 Å². The molecule has 2 rings (SSSR count). The van der Waals surface area contributed by atoms with Gasteiger partial charge in [0.15, 0.2) is 6.29 Å². The van der Waals surface area contributed by atoms with Crippen molar-refractivity contribution in [1.82, 2.24) is 4.98 Å². The lowest BCUT2D eigenvalue weighted by atomic mass is 9.80. The van der Waals surface area contributed by atoms with Gasteiger partial charge in [0.2, 0.25) is 0 Å². The number of aromatic nitrogens is 1. The molecule has 16 heavy (non-hydrogen) atoms. The van der Waals surface area contributed by atoms with E-state index in [1.807, 2.05) is 0 Å². The number of pyridine rings is 1. The SMILES string of the molecule is CC(C)(C)c1ncc(C=O)c2c1CCCC2. The van der Waals surface area contributed by atoms with E-state index < -0.39 is 0 Å². The highest BCUT2D eigenvalue weighted by Crippen LogP contribution is 2.32. The molecule has 2 heteroatoms. The predicted octanol–water partition coefficient (Wildman–Crippen LogP) is 3.07. The predicted molar refractivity (Wildman–Crippen MR) is 65.0 cm³/mol. The van der Waals surface area contributed by atoms with Crippen molar-refractivity contribution in [1.29, 1.82) is 0 Å². The zero-order chi connectivity index (χ0) is 11.8. The van der Waals surface area contributed by atoms with E-state index in [0.29, 0.717) is 0 Å². The highest BCUT2D eigenvalue weighted by Gasteiger charge is 2.24. The van der Waals surface area contributed by atoms with Crippen LogP contribution in [0.15, 0.2) is 6.20 Å². The molecular formula is C14H19NO. The lowest BCUT2D eigenvalue weighted by Gasteiger charge is -2.27. The number of nitrogens with zero attached hydrogens (tertiary/aromatic N) is 1. The van der Waals surface area contributed by atoms with Crippen molar-refractivity contribution in [2.75, 3.05) is 0 Å². The molecule has 1 aromatic rings. The van der Waals surface area contributed by atoms with E-state index in [1.54, 1.807) is 6.20 Å². The number of rotatable bonds is 1. The second-order valence-corrected chi connectivity index (χ2v) is 5.59. The normalized spacial score (nSPS) is 15.7. The van der Waals surface area contributed by atoms with Crippen LogP contribution in [0.5, 0.6) is 0 Å². The standard InChI is InChI=1S/C14H19NO/c1-14(2,3)13-12-7-5-4-6-11(12)10(9-16)8-15-13/h8-9H,4-7H2,1-3H3. The van der Waals surface area contributed by atoms with Gasteiger partial charge in [0.1, 0.15) is 0 Å². The molecule has 0 amide bonds. The number of aldehydes is 1. The van der Waals surface area contributed by atoms with Crippen molar-refractivity contribution in [3.63, 3.8) is 0 Å². The number of hydrogen-bond acceptors (Lipinski definition) is 2. The summed E-state index contributed by atoms with van der Waals surface area (Å²) in [6.07, 6.45) is 7.23. The van der Waals surface area contributed by atoms with Crippen molar-refractivity contribution in [2.24, 2.45) is 0 Å². The number of fused-ring (bicyclic) bond motifs is 1. The zero-order valence-corrected chi connectivity index (χ0v) is 10.3. The highest BCUT2D eigenvalue weighted by atomic mass is 16.1. The topological polar surface area (TPSA) is 30.0 Å². The van der Waals surface area contributed by atoms with Crippen molar-refractivity contribution >= 4 is 6.29 Å². The summed E-state index contributed by atoms with van der Waals surface area (Å²) >= 11 is 0. The van der Waals surface area contributed by atoms with Gasteiger partial charge in [-0.05, 0) is 36.8 Å². The number of hydrogen-bond donors (Lipinski definition) is 0.